The maximum Gasteiger partial charge on any atom is 0.302 e. The van der Waals surface area contributed by atoms with Crippen LogP contribution in [-0.4, -0.2) is 39.5 Å². The first-order valence-corrected chi connectivity index (χ1v) is 16.0. The number of carbonyl (C=O) groups is 1. The third-order valence-corrected chi connectivity index (χ3v) is 11.8. The fraction of sp³-hybridized carbons (Fsp3) is 0.697. The first-order valence-electron chi connectivity index (χ1n) is 15.1. The fourth-order valence-electron chi connectivity index (χ4n) is 8.33. The second-order valence-corrected chi connectivity index (χ2v) is 14.1. The van der Waals surface area contributed by atoms with Crippen LogP contribution in [0.15, 0.2) is 40.8 Å². The van der Waals surface area contributed by atoms with Crippen LogP contribution >= 0.6 is 11.3 Å². The maximum absolute atomic E-state index is 12.1. The summed E-state index contributed by atoms with van der Waals surface area (Å²) in [4.78, 5) is 16.9. The Morgan fingerprint density at radius 1 is 1.26 bits per heavy atom. The monoisotopic (exact) mass is 553 g/mol. The Hall–Kier alpha value is -1.76. The molecule has 7 atom stereocenters. The van der Waals surface area contributed by atoms with E-state index in [1.165, 1.54) is 38.2 Å². The molecule has 4 saturated carbocycles. The van der Waals surface area contributed by atoms with Crippen LogP contribution in [0.4, 0.5) is 0 Å². The molecular formula is C33H47NO4S. The molecule has 2 N–H and O–H groups in total. The summed E-state index contributed by atoms with van der Waals surface area (Å²) in [5, 5.41) is 23.7. The second-order valence-electron chi connectivity index (χ2n) is 13.3. The summed E-state index contributed by atoms with van der Waals surface area (Å²) in [5.74, 6) is 1.62. The minimum absolute atomic E-state index is 0.0784. The molecule has 39 heavy (non-hydrogen) atoms. The van der Waals surface area contributed by atoms with Crippen molar-refractivity contribution in [3.63, 3.8) is 0 Å². The van der Waals surface area contributed by atoms with E-state index in [9.17, 15) is 15.0 Å². The number of fused-ring (bicyclic) bond motifs is 1. The van der Waals surface area contributed by atoms with Gasteiger partial charge >= 0.3 is 5.97 Å². The van der Waals surface area contributed by atoms with E-state index in [0.717, 1.165) is 54.0 Å². The van der Waals surface area contributed by atoms with Crippen LogP contribution in [0.3, 0.4) is 0 Å². The fourth-order valence-corrected chi connectivity index (χ4v) is 9.44. The van der Waals surface area contributed by atoms with Crippen LogP contribution in [0.2, 0.25) is 0 Å². The summed E-state index contributed by atoms with van der Waals surface area (Å²) in [7, 11) is 0. The quantitative estimate of drug-likeness (QED) is 0.340. The molecule has 4 aliphatic rings. The highest BCUT2D eigenvalue weighted by Gasteiger charge is 2.55. The lowest BCUT2D eigenvalue weighted by molar-refractivity contribution is -0.148. The highest BCUT2D eigenvalue weighted by molar-refractivity contribution is 7.09. The van der Waals surface area contributed by atoms with Crippen molar-refractivity contribution in [3.05, 3.63) is 51.5 Å². The van der Waals surface area contributed by atoms with Gasteiger partial charge in [0.25, 0.3) is 0 Å². The van der Waals surface area contributed by atoms with Crippen molar-refractivity contribution in [3.8, 4) is 0 Å². The Morgan fingerprint density at radius 3 is 2.69 bits per heavy atom. The minimum Gasteiger partial charge on any atom is -0.462 e. The molecule has 0 radical (unpaired) electrons. The SMILES string of the molecule is C=C1C(=CC=C2CCC[C@]3(C)[C@@H]([C@H](C)CC[C@@H](OC(C)=O)C4(c5nc(C)cs5)CC4)CC[C@@H]23)C[C@@H](O)C[C@@H]1O. The van der Waals surface area contributed by atoms with Crippen molar-refractivity contribution in [2.45, 2.75) is 122 Å². The lowest BCUT2D eigenvalue weighted by Gasteiger charge is -2.44. The third-order valence-electron chi connectivity index (χ3n) is 10.6. The highest BCUT2D eigenvalue weighted by atomic mass is 32.1. The predicted octanol–water partition coefficient (Wildman–Crippen LogP) is 6.97. The van der Waals surface area contributed by atoms with Crippen LogP contribution in [0, 0.1) is 30.1 Å². The number of ether oxygens (including phenoxy) is 1. The summed E-state index contributed by atoms with van der Waals surface area (Å²) in [5.41, 5.74) is 4.54. The number of aliphatic hydroxyl groups excluding tert-OH is 2. The van der Waals surface area contributed by atoms with Gasteiger partial charge in [-0.1, -0.05) is 38.2 Å². The van der Waals surface area contributed by atoms with Crippen LogP contribution in [0.5, 0.6) is 0 Å². The Labute approximate surface area is 238 Å². The van der Waals surface area contributed by atoms with Crippen molar-refractivity contribution in [2.24, 2.45) is 23.2 Å². The van der Waals surface area contributed by atoms with Gasteiger partial charge in [-0.05, 0) is 105 Å². The molecule has 6 heteroatoms. The number of aromatic nitrogens is 1. The first-order chi connectivity index (χ1) is 18.5. The van der Waals surface area contributed by atoms with Crippen LogP contribution in [0.25, 0.3) is 0 Å². The van der Waals surface area contributed by atoms with Gasteiger partial charge in [0.05, 0.1) is 17.6 Å². The van der Waals surface area contributed by atoms with Crippen LogP contribution in [0.1, 0.15) is 102 Å². The number of carbonyl (C=O) groups excluding carboxylic acids is 1. The smallest absolute Gasteiger partial charge is 0.302 e. The Bertz CT molecular complexity index is 1150. The van der Waals surface area contributed by atoms with Crippen LogP contribution in [-0.2, 0) is 14.9 Å². The average Bonchev–Trinajstić information content (AvgIpc) is 3.43. The number of nitrogens with zero attached hydrogens (tertiary/aromatic N) is 1. The summed E-state index contributed by atoms with van der Waals surface area (Å²) in [6.45, 7) is 12.6. The minimum atomic E-state index is -0.642. The zero-order valence-electron chi connectivity index (χ0n) is 24.2. The summed E-state index contributed by atoms with van der Waals surface area (Å²) < 4.78 is 5.99. The number of aliphatic hydroxyl groups is 2. The molecule has 1 heterocycles. The van der Waals surface area contributed by atoms with Crippen molar-refractivity contribution in [1.82, 2.24) is 4.98 Å². The predicted molar refractivity (Wildman–Crippen MR) is 156 cm³/mol. The van der Waals surface area contributed by atoms with Gasteiger partial charge < -0.3 is 14.9 Å². The average molecular weight is 554 g/mol. The third kappa shape index (κ3) is 5.71. The van der Waals surface area contributed by atoms with E-state index < -0.39 is 12.2 Å². The van der Waals surface area contributed by atoms with Gasteiger partial charge in [-0.2, -0.15) is 0 Å². The number of hydrogen-bond acceptors (Lipinski definition) is 6. The number of allylic oxidation sites excluding steroid dienone is 3. The molecule has 0 spiro atoms. The molecule has 4 aliphatic carbocycles. The number of hydrogen-bond donors (Lipinski definition) is 2. The van der Waals surface area contributed by atoms with E-state index in [2.05, 4.69) is 38.0 Å². The molecule has 0 aliphatic heterocycles. The summed E-state index contributed by atoms with van der Waals surface area (Å²) in [6, 6.07) is 0. The second kappa shape index (κ2) is 11.3. The molecule has 0 aromatic carbocycles. The molecule has 1 aromatic rings. The number of aryl methyl sites for hydroxylation is 1. The zero-order chi connectivity index (χ0) is 27.9. The van der Waals surface area contributed by atoms with Gasteiger partial charge in [-0.3, -0.25) is 4.79 Å². The van der Waals surface area contributed by atoms with E-state index in [1.807, 2.05) is 6.92 Å². The standard InChI is InChI=1S/C33H47NO4S/c1-20(8-13-30(38-23(4)35)33(15-16-33)31-34-21(2)19-39-31)27-11-12-28-24(7-6-14-32(27,28)5)9-10-25-17-26(36)18-29(37)22(25)3/h9-10,19-20,26-30,36-37H,3,6-8,11-18H2,1-2,4-5H3/t20-,26-,27-,28+,29+,30-,32-/m1/s1. The van der Waals surface area contributed by atoms with Crippen molar-refractivity contribution in [1.29, 1.82) is 0 Å². The Morgan fingerprint density at radius 2 is 2.03 bits per heavy atom. The summed E-state index contributed by atoms with van der Waals surface area (Å²) in [6.07, 6.45) is 14.3. The maximum atomic E-state index is 12.1. The molecule has 4 fully saturated rings. The van der Waals surface area contributed by atoms with Gasteiger partial charge in [0.1, 0.15) is 11.1 Å². The first kappa shape index (κ1) is 28.8. The molecule has 0 bridgehead atoms. The van der Waals surface area contributed by atoms with Gasteiger partial charge in [-0.15, -0.1) is 11.3 Å². The lowest BCUT2D eigenvalue weighted by atomic mass is 9.60. The van der Waals surface area contributed by atoms with E-state index in [1.54, 1.807) is 11.3 Å². The van der Waals surface area contributed by atoms with E-state index in [-0.39, 0.29) is 22.9 Å². The van der Waals surface area contributed by atoms with E-state index in [4.69, 9.17) is 9.72 Å². The Kier molecular flexibility index (Phi) is 8.30. The molecule has 5 nitrogen and oxygen atoms in total. The topological polar surface area (TPSA) is 79.7 Å². The number of rotatable bonds is 8. The van der Waals surface area contributed by atoms with Gasteiger partial charge in [0.15, 0.2) is 0 Å². The van der Waals surface area contributed by atoms with Gasteiger partial charge in [-0.25, -0.2) is 4.98 Å². The van der Waals surface area contributed by atoms with Crippen molar-refractivity contribution >= 4 is 17.3 Å². The zero-order valence-corrected chi connectivity index (χ0v) is 25.1. The molecule has 5 rings (SSSR count). The lowest BCUT2D eigenvalue weighted by Crippen LogP contribution is -2.37. The molecular weight excluding hydrogens is 506 g/mol. The van der Waals surface area contributed by atoms with Crippen molar-refractivity contribution < 1.29 is 19.7 Å². The molecule has 1 aromatic heterocycles. The molecule has 214 valence electrons. The van der Waals surface area contributed by atoms with Crippen molar-refractivity contribution in [2.75, 3.05) is 0 Å². The Balaban J connectivity index is 1.28. The molecule has 0 saturated heterocycles. The molecule has 0 amide bonds. The number of esters is 1. The molecule has 0 unspecified atom stereocenters. The van der Waals surface area contributed by atoms with Gasteiger partial charge in [0, 0.05) is 24.4 Å². The van der Waals surface area contributed by atoms with E-state index >= 15 is 0 Å². The largest absolute Gasteiger partial charge is 0.462 e. The summed E-state index contributed by atoms with van der Waals surface area (Å²) >= 11 is 1.72. The number of thiazole rings is 1. The normalized spacial score (nSPS) is 35.6. The van der Waals surface area contributed by atoms with Crippen LogP contribution < -0.4 is 0 Å². The highest BCUT2D eigenvalue weighted by Crippen LogP contribution is 2.60. The van der Waals surface area contributed by atoms with E-state index in [0.29, 0.717) is 30.6 Å². The van der Waals surface area contributed by atoms with Gasteiger partial charge in [0.2, 0.25) is 0 Å².